The fourth-order valence-corrected chi connectivity index (χ4v) is 13.5. The number of rotatable bonds is 8. The molecule has 0 spiro atoms. The van der Waals surface area contributed by atoms with Gasteiger partial charge in [0, 0.05) is 0 Å². The van der Waals surface area contributed by atoms with Crippen molar-refractivity contribution in [3.05, 3.63) is 60.7 Å². The SMILES string of the molecule is CC[Si](CC)(CC)c1ccc2c(ccc3c4ccc([Si](CC)(CC)CC)cc4ccc23)c1. The number of hydrogen-bond donors (Lipinski definition) is 0. The van der Waals surface area contributed by atoms with Crippen molar-refractivity contribution in [2.45, 2.75) is 77.8 Å². The Balaban J connectivity index is 1.89. The van der Waals surface area contributed by atoms with Crippen LogP contribution in [0.5, 0.6) is 0 Å². The van der Waals surface area contributed by atoms with Gasteiger partial charge >= 0.3 is 0 Å². The van der Waals surface area contributed by atoms with Crippen LogP contribution in [0.15, 0.2) is 60.7 Å². The molecule has 0 radical (unpaired) electrons. The normalized spacial score (nSPS) is 12.8. The minimum Gasteiger partial charge on any atom is -0.0675 e. The molecule has 0 nitrogen and oxygen atoms in total. The van der Waals surface area contributed by atoms with Crippen molar-refractivity contribution in [1.29, 1.82) is 0 Å². The fraction of sp³-hybridized carbons (Fsp3) is 0.400. The molecule has 0 aliphatic rings. The summed E-state index contributed by atoms with van der Waals surface area (Å²) in [6.45, 7) is 14.4. The van der Waals surface area contributed by atoms with Crippen molar-refractivity contribution < 1.29 is 0 Å². The van der Waals surface area contributed by atoms with E-state index in [0.717, 1.165) is 0 Å². The van der Waals surface area contributed by atoms with Crippen LogP contribution in [0.2, 0.25) is 36.3 Å². The molecule has 0 fully saturated rings. The zero-order valence-corrected chi connectivity index (χ0v) is 23.0. The van der Waals surface area contributed by atoms with E-state index in [1.54, 1.807) is 10.4 Å². The predicted octanol–water partition coefficient (Wildman–Crippen LogP) is 8.58. The van der Waals surface area contributed by atoms with E-state index in [9.17, 15) is 0 Å². The molecule has 0 amide bonds. The highest BCUT2D eigenvalue weighted by Crippen LogP contribution is 2.32. The zero-order valence-electron chi connectivity index (χ0n) is 21.0. The second kappa shape index (κ2) is 9.15. The maximum Gasteiger partial charge on any atom is 0.0859 e. The molecule has 0 saturated carbocycles. The summed E-state index contributed by atoms with van der Waals surface area (Å²) in [5.41, 5.74) is 0. The van der Waals surface area contributed by atoms with Crippen molar-refractivity contribution in [1.82, 2.24) is 0 Å². The number of fused-ring (bicyclic) bond motifs is 5. The first kappa shape index (κ1) is 23.3. The smallest absolute Gasteiger partial charge is 0.0675 e. The maximum atomic E-state index is 2.52. The van der Waals surface area contributed by atoms with Crippen LogP contribution >= 0.6 is 0 Å². The third kappa shape index (κ3) is 3.56. The Labute approximate surface area is 197 Å². The van der Waals surface area contributed by atoms with Crippen LogP contribution in [0.4, 0.5) is 0 Å². The van der Waals surface area contributed by atoms with Gasteiger partial charge in [-0.2, -0.15) is 0 Å². The summed E-state index contributed by atoms with van der Waals surface area (Å²) in [6, 6.07) is 32.3. The highest BCUT2D eigenvalue weighted by Gasteiger charge is 2.30. The van der Waals surface area contributed by atoms with Gasteiger partial charge in [0.2, 0.25) is 0 Å². The van der Waals surface area contributed by atoms with E-state index in [4.69, 9.17) is 0 Å². The van der Waals surface area contributed by atoms with Gasteiger partial charge in [-0.05, 0) is 32.3 Å². The molecular weight excluding hydrogens is 417 g/mol. The summed E-state index contributed by atoms with van der Waals surface area (Å²) in [4.78, 5) is 0. The molecule has 0 aliphatic heterocycles. The Morgan fingerprint density at radius 2 is 0.719 bits per heavy atom. The molecule has 0 N–H and O–H groups in total. The van der Waals surface area contributed by atoms with Crippen LogP contribution in [-0.4, -0.2) is 16.1 Å². The average Bonchev–Trinajstić information content (AvgIpc) is 2.86. The molecule has 2 heteroatoms. The fourth-order valence-electron chi connectivity index (χ4n) is 6.27. The van der Waals surface area contributed by atoms with E-state index in [0.29, 0.717) is 0 Å². The Kier molecular flexibility index (Phi) is 6.65. The maximum absolute atomic E-state index is 2.52. The second-order valence-electron chi connectivity index (χ2n) is 9.78. The molecule has 32 heavy (non-hydrogen) atoms. The summed E-state index contributed by atoms with van der Waals surface area (Å²) < 4.78 is 0. The molecule has 4 rings (SSSR count). The number of hydrogen-bond acceptors (Lipinski definition) is 0. The Morgan fingerprint density at radius 1 is 0.406 bits per heavy atom. The van der Waals surface area contributed by atoms with Gasteiger partial charge in [0.25, 0.3) is 0 Å². The molecule has 4 aromatic rings. The van der Waals surface area contributed by atoms with Crippen molar-refractivity contribution in [2.75, 3.05) is 0 Å². The van der Waals surface area contributed by atoms with Gasteiger partial charge in [0.05, 0.1) is 16.1 Å². The van der Waals surface area contributed by atoms with Crippen LogP contribution in [-0.2, 0) is 0 Å². The first-order valence-electron chi connectivity index (χ1n) is 12.9. The lowest BCUT2D eigenvalue weighted by Gasteiger charge is -2.29. The highest BCUT2D eigenvalue weighted by atomic mass is 28.3. The minimum atomic E-state index is -1.35. The van der Waals surface area contributed by atoms with Crippen LogP contribution in [0.25, 0.3) is 32.3 Å². The van der Waals surface area contributed by atoms with Crippen molar-refractivity contribution in [3.63, 3.8) is 0 Å². The minimum absolute atomic E-state index is 1.34. The van der Waals surface area contributed by atoms with E-state index in [-0.39, 0.29) is 0 Å². The van der Waals surface area contributed by atoms with E-state index in [1.807, 2.05) is 0 Å². The Bertz CT molecular complexity index is 1130. The topological polar surface area (TPSA) is 0 Å². The Morgan fingerprint density at radius 3 is 1.03 bits per heavy atom. The molecule has 0 heterocycles. The Hall–Kier alpha value is -1.91. The molecule has 0 atom stereocenters. The quantitative estimate of drug-likeness (QED) is 0.184. The monoisotopic (exact) mass is 456 g/mol. The lowest BCUT2D eigenvalue weighted by Crippen LogP contribution is -2.45. The van der Waals surface area contributed by atoms with Gasteiger partial charge in [-0.1, -0.05) is 149 Å². The van der Waals surface area contributed by atoms with Gasteiger partial charge in [-0.25, -0.2) is 0 Å². The summed E-state index contributed by atoms with van der Waals surface area (Å²) in [7, 11) is -2.71. The summed E-state index contributed by atoms with van der Waals surface area (Å²) in [6.07, 6.45) is 0. The largest absolute Gasteiger partial charge is 0.0859 e. The van der Waals surface area contributed by atoms with Crippen molar-refractivity contribution in [3.8, 4) is 0 Å². The van der Waals surface area contributed by atoms with Gasteiger partial charge in [-0.15, -0.1) is 0 Å². The molecule has 0 saturated heterocycles. The molecule has 0 unspecified atom stereocenters. The average molecular weight is 457 g/mol. The van der Waals surface area contributed by atoms with Gasteiger partial charge in [-0.3, -0.25) is 0 Å². The van der Waals surface area contributed by atoms with Crippen LogP contribution in [0.3, 0.4) is 0 Å². The third-order valence-corrected chi connectivity index (χ3v) is 20.3. The van der Waals surface area contributed by atoms with Gasteiger partial charge < -0.3 is 0 Å². The standard InChI is InChI=1S/C30H40Si2/c1-7-31(8-2,9-3)25-15-19-27-23(21-25)13-17-30-28-20-16-26(32(10-4,11-5)12-6)22-24(28)14-18-29(27)30/h13-22H,7-12H2,1-6H3. The molecule has 0 aromatic heterocycles. The van der Waals surface area contributed by atoms with Crippen LogP contribution in [0.1, 0.15) is 41.5 Å². The van der Waals surface area contributed by atoms with E-state index in [1.165, 1.54) is 68.6 Å². The van der Waals surface area contributed by atoms with Crippen molar-refractivity contribution >= 4 is 58.8 Å². The summed E-state index contributed by atoms with van der Waals surface area (Å²) in [5, 5.41) is 11.7. The van der Waals surface area contributed by atoms with E-state index < -0.39 is 16.1 Å². The van der Waals surface area contributed by atoms with Crippen molar-refractivity contribution in [2.24, 2.45) is 0 Å². The van der Waals surface area contributed by atoms with Gasteiger partial charge in [0.1, 0.15) is 0 Å². The zero-order chi connectivity index (χ0) is 22.9. The third-order valence-electron chi connectivity index (χ3n) is 9.12. The predicted molar refractivity (Wildman–Crippen MR) is 153 cm³/mol. The molecular formula is C30H40Si2. The molecule has 0 bridgehead atoms. The van der Waals surface area contributed by atoms with E-state index >= 15 is 0 Å². The number of benzene rings is 4. The first-order valence-corrected chi connectivity index (χ1v) is 18.2. The molecule has 4 aromatic carbocycles. The van der Waals surface area contributed by atoms with E-state index in [2.05, 4.69) is 102 Å². The lowest BCUT2D eigenvalue weighted by molar-refractivity contribution is 1.20. The summed E-state index contributed by atoms with van der Waals surface area (Å²) in [5.74, 6) is 0. The lowest BCUT2D eigenvalue weighted by atomic mass is 9.97. The highest BCUT2D eigenvalue weighted by molar-refractivity contribution is 6.92. The molecule has 168 valence electrons. The van der Waals surface area contributed by atoms with Gasteiger partial charge in [0.15, 0.2) is 0 Å². The molecule has 0 aliphatic carbocycles. The van der Waals surface area contributed by atoms with Crippen LogP contribution < -0.4 is 10.4 Å². The summed E-state index contributed by atoms with van der Waals surface area (Å²) >= 11 is 0. The second-order valence-corrected chi connectivity index (χ2v) is 20.3. The van der Waals surface area contributed by atoms with Crippen LogP contribution in [0, 0.1) is 0 Å². The first-order chi connectivity index (χ1) is 15.5.